The van der Waals surface area contributed by atoms with Gasteiger partial charge in [-0.1, -0.05) is 25.5 Å². The molecule has 1 heterocycles. The summed E-state index contributed by atoms with van der Waals surface area (Å²) < 4.78 is 5.39. The van der Waals surface area contributed by atoms with Crippen molar-refractivity contribution in [1.29, 1.82) is 0 Å². The molecule has 1 saturated heterocycles. The van der Waals surface area contributed by atoms with Gasteiger partial charge in [0.1, 0.15) is 5.75 Å². The summed E-state index contributed by atoms with van der Waals surface area (Å²) in [5.74, 6) is 1.64. The zero-order valence-electron chi connectivity index (χ0n) is 13.1. The van der Waals surface area contributed by atoms with Crippen molar-refractivity contribution in [1.82, 2.24) is 10.2 Å². The first-order chi connectivity index (χ1) is 9.76. The fourth-order valence-electron chi connectivity index (χ4n) is 3.32. The lowest BCUT2D eigenvalue weighted by Gasteiger charge is -2.33. The van der Waals surface area contributed by atoms with Crippen LogP contribution in [0, 0.1) is 5.92 Å². The molecule has 0 amide bonds. The molecule has 0 spiro atoms. The van der Waals surface area contributed by atoms with Gasteiger partial charge in [0.15, 0.2) is 0 Å². The molecule has 0 aliphatic carbocycles. The van der Waals surface area contributed by atoms with E-state index >= 15 is 0 Å². The summed E-state index contributed by atoms with van der Waals surface area (Å²) in [5.41, 5.74) is 1.39. The van der Waals surface area contributed by atoms with Gasteiger partial charge in [-0.3, -0.25) is 4.90 Å². The fourth-order valence-corrected chi connectivity index (χ4v) is 3.32. The Morgan fingerprint density at radius 2 is 2.20 bits per heavy atom. The highest BCUT2D eigenvalue weighted by atomic mass is 16.5. The van der Waals surface area contributed by atoms with Crippen LogP contribution >= 0.6 is 0 Å². The van der Waals surface area contributed by atoms with Crippen LogP contribution in [0.15, 0.2) is 24.3 Å². The zero-order chi connectivity index (χ0) is 14.4. The lowest BCUT2D eigenvalue weighted by atomic mass is 9.89. The summed E-state index contributed by atoms with van der Waals surface area (Å²) in [7, 11) is 4.00. The average Bonchev–Trinajstić information content (AvgIpc) is 2.66. The van der Waals surface area contributed by atoms with E-state index in [-0.39, 0.29) is 0 Å². The number of ether oxygens (including phenoxy) is 1. The minimum Gasteiger partial charge on any atom is -0.497 e. The molecule has 20 heavy (non-hydrogen) atoms. The van der Waals surface area contributed by atoms with Crippen molar-refractivity contribution in [3.05, 3.63) is 29.8 Å². The van der Waals surface area contributed by atoms with E-state index in [1.807, 2.05) is 6.07 Å². The first-order valence-corrected chi connectivity index (χ1v) is 7.81. The molecule has 1 aromatic carbocycles. The van der Waals surface area contributed by atoms with Crippen LogP contribution < -0.4 is 10.1 Å². The van der Waals surface area contributed by atoms with Crippen LogP contribution in [0.1, 0.15) is 37.8 Å². The summed E-state index contributed by atoms with van der Waals surface area (Å²) in [5, 5.41) is 3.54. The van der Waals surface area contributed by atoms with Crippen molar-refractivity contribution in [2.75, 3.05) is 33.8 Å². The molecule has 0 aromatic heterocycles. The maximum absolute atomic E-state index is 5.39. The molecule has 0 saturated carbocycles. The predicted molar refractivity (Wildman–Crippen MR) is 84.2 cm³/mol. The molecule has 0 bridgehead atoms. The van der Waals surface area contributed by atoms with Crippen LogP contribution in [0.5, 0.6) is 5.75 Å². The maximum Gasteiger partial charge on any atom is 0.119 e. The molecule has 2 atom stereocenters. The standard InChI is InChI=1S/C17H28N2O/c1-4-18-13-15-8-5-6-11-19(2)17(15)14-9-7-10-16(12-14)20-3/h7,9-10,12,15,17-18H,4-6,8,11,13H2,1-3H3. The largest absolute Gasteiger partial charge is 0.497 e. The van der Waals surface area contributed by atoms with E-state index in [4.69, 9.17) is 4.74 Å². The van der Waals surface area contributed by atoms with Gasteiger partial charge in [0.2, 0.25) is 0 Å². The Bertz CT molecular complexity index is 408. The molecule has 1 fully saturated rings. The highest BCUT2D eigenvalue weighted by Gasteiger charge is 2.28. The van der Waals surface area contributed by atoms with Crippen molar-refractivity contribution < 1.29 is 4.74 Å². The van der Waals surface area contributed by atoms with E-state index in [2.05, 4.69) is 42.4 Å². The van der Waals surface area contributed by atoms with Crippen LogP contribution in [0.25, 0.3) is 0 Å². The topological polar surface area (TPSA) is 24.5 Å². The molecule has 1 aliphatic rings. The Kier molecular flexibility index (Phi) is 5.86. The van der Waals surface area contributed by atoms with Crippen LogP contribution in [-0.2, 0) is 0 Å². The Morgan fingerprint density at radius 1 is 1.35 bits per heavy atom. The van der Waals surface area contributed by atoms with E-state index in [9.17, 15) is 0 Å². The minimum atomic E-state index is 0.492. The molecule has 3 nitrogen and oxygen atoms in total. The number of hydrogen-bond donors (Lipinski definition) is 1. The maximum atomic E-state index is 5.39. The van der Waals surface area contributed by atoms with Crippen molar-refractivity contribution in [2.24, 2.45) is 5.92 Å². The van der Waals surface area contributed by atoms with Gasteiger partial charge >= 0.3 is 0 Å². The number of nitrogens with one attached hydrogen (secondary N) is 1. The highest BCUT2D eigenvalue weighted by Crippen LogP contribution is 2.35. The summed E-state index contributed by atoms with van der Waals surface area (Å²) in [6, 6.07) is 9.07. The summed E-state index contributed by atoms with van der Waals surface area (Å²) in [6.07, 6.45) is 3.94. The molecule has 0 radical (unpaired) electrons. The lowest BCUT2D eigenvalue weighted by Crippen LogP contribution is -2.34. The number of benzene rings is 1. The van der Waals surface area contributed by atoms with Crippen molar-refractivity contribution in [3.63, 3.8) is 0 Å². The van der Waals surface area contributed by atoms with Gasteiger partial charge in [0.25, 0.3) is 0 Å². The summed E-state index contributed by atoms with van der Waals surface area (Å²) >= 11 is 0. The van der Waals surface area contributed by atoms with E-state index in [0.29, 0.717) is 12.0 Å². The second-order valence-corrected chi connectivity index (χ2v) is 5.77. The van der Waals surface area contributed by atoms with E-state index in [1.165, 1.54) is 31.4 Å². The van der Waals surface area contributed by atoms with E-state index in [1.54, 1.807) is 7.11 Å². The van der Waals surface area contributed by atoms with Crippen LogP contribution in [0.4, 0.5) is 0 Å². The quantitative estimate of drug-likeness (QED) is 0.894. The van der Waals surface area contributed by atoms with Gasteiger partial charge in [0, 0.05) is 6.04 Å². The Balaban J connectivity index is 2.24. The Morgan fingerprint density at radius 3 is 2.95 bits per heavy atom. The number of hydrogen-bond acceptors (Lipinski definition) is 3. The normalized spacial score (nSPS) is 24.4. The lowest BCUT2D eigenvalue weighted by molar-refractivity contribution is 0.189. The second-order valence-electron chi connectivity index (χ2n) is 5.77. The molecule has 1 N–H and O–H groups in total. The first-order valence-electron chi connectivity index (χ1n) is 7.81. The minimum absolute atomic E-state index is 0.492. The van der Waals surface area contributed by atoms with Gasteiger partial charge in [-0.25, -0.2) is 0 Å². The molecule has 1 aromatic rings. The third-order valence-corrected chi connectivity index (χ3v) is 4.35. The van der Waals surface area contributed by atoms with Gasteiger partial charge in [-0.2, -0.15) is 0 Å². The van der Waals surface area contributed by atoms with Crippen LogP contribution in [0.2, 0.25) is 0 Å². The first kappa shape index (κ1) is 15.3. The van der Waals surface area contributed by atoms with Crippen LogP contribution in [0.3, 0.4) is 0 Å². The zero-order valence-corrected chi connectivity index (χ0v) is 13.1. The Hall–Kier alpha value is -1.06. The SMILES string of the molecule is CCNCC1CCCCN(C)C1c1cccc(OC)c1. The third kappa shape index (κ3) is 3.74. The number of likely N-dealkylation sites (tertiary alicyclic amines) is 1. The number of methoxy groups -OCH3 is 1. The fraction of sp³-hybridized carbons (Fsp3) is 0.647. The molecular weight excluding hydrogens is 248 g/mol. The highest BCUT2D eigenvalue weighted by molar-refractivity contribution is 5.31. The Labute approximate surface area is 123 Å². The molecule has 2 unspecified atom stereocenters. The van der Waals surface area contributed by atoms with Crippen molar-refractivity contribution in [2.45, 2.75) is 32.2 Å². The van der Waals surface area contributed by atoms with Gasteiger partial charge in [0.05, 0.1) is 7.11 Å². The number of nitrogens with zero attached hydrogens (tertiary/aromatic N) is 1. The summed E-state index contributed by atoms with van der Waals surface area (Å²) in [4.78, 5) is 2.52. The van der Waals surface area contributed by atoms with Gasteiger partial charge in [-0.05, 0) is 63.1 Å². The predicted octanol–water partition coefficient (Wildman–Crippen LogP) is 3.08. The molecule has 3 heteroatoms. The van der Waals surface area contributed by atoms with Crippen LogP contribution in [-0.4, -0.2) is 38.7 Å². The number of rotatable bonds is 5. The van der Waals surface area contributed by atoms with Gasteiger partial charge < -0.3 is 10.1 Å². The average molecular weight is 276 g/mol. The van der Waals surface area contributed by atoms with Crippen molar-refractivity contribution >= 4 is 0 Å². The van der Waals surface area contributed by atoms with E-state index < -0.39 is 0 Å². The molecular formula is C17H28N2O. The third-order valence-electron chi connectivity index (χ3n) is 4.35. The molecule has 1 aliphatic heterocycles. The summed E-state index contributed by atoms with van der Waals surface area (Å²) in [6.45, 7) is 5.51. The smallest absolute Gasteiger partial charge is 0.119 e. The monoisotopic (exact) mass is 276 g/mol. The molecule has 112 valence electrons. The molecule has 2 rings (SSSR count). The van der Waals surface area contributed by atoms with Crippen molar-refractivity contribution in [3.8, 4) is 5.75 Å². The van der Waals surface area contributed by atoms with E-state index in [0.717, 1.165) is 18.8 Å². The van der Waals surface area contributed by atoms with Gasteiger partial charge in [-0.15, -0.1) is 0 Å². The second kappa shape index (κ2) is 7.65.